The van der Waals surface area contributed by atoms with E-state index in [0.717, 1.165) is 5.56 Å². The smallest absolute Gasteiger partial charge is 0.253 e. The molecule has 1 aliphatic heterocycles. The molecule has 4 rings (SSSR count). The first-order valence-corrected chi connectivity index (χ1v) is 10.3. The van der Waals surface area contributed by atoms with Gasteiger partial charge in [-0.2, -0.15) is 0 Å². The average molecular weight is 416 g/mol. The molecule has 0 unspecified atom stereocenters. The van der Waals surface area contributed by atoms with E-state index in [9.17, 15) is 9.59 Å². The van der Waals surface area contributed by atoms with Gasteiger partial charge in [-0.15, -0.1) is 0 Å². The summed E-state index contributed by atoms with van der Waals surface area (Å²) >= 11 is 0. The van der Waals surface area contributed by atoms with Crippen LogP contribution in [0.5, 0.6) is 11.5 Å². The molecule has 1 N–H and O–H groups in total. The van der Waals surface area contributed by atoms with Crippen molar-refractivity contribution in [1.29, 1.82) is 0 Å². The highest BCUT2D eigenvalue weighted by Gasteiger charge is 2.28. The molecule has 7 heteroatoms. The van der Waals surface area contributed by atoms with Crippen LogP contribution < -0.4 is 10.1 Å². The Morgan fingerprint density at radius 3 is 2.48 bits per heavy atom. The lowest BCUT2D eigenvalue weighted by Gasteiger charge is -2.31. The maximum atomic E-state index is 12.8. The van der Waals surface area contributed by atoms with Crippen LogP contribution >= 0.6 is 0 Å². The SMILES string of the molecule is Cc1ccnc(NC(=O)C2CCN(C(=O)c3ccc(Oc4cccnc4)cc3)CC2)c1. The molecule has 1 saturated heterocycles. The van der Waals surface area contributed by atoms with Crippen molar-refractivity contribution in [2.24, 2.45) is 5.92 Å². The van der Waals surface area contributed by atoms with Crippen LogP contribution in [0.1, 0.15) is 28.8 Å². The summed E-state index contributed by atoms with van der Waals surface area (Å²) in [6.07, 6.45) is 6.26. The molecule has 0 aliphatic carbocycles. The molecule has 2 aromatic heterocycles. The number of rotatable bonds is 5. The fraction of sp³-hybridized carbons (Fsp3) is 0.250. The molecule has 0 atom stereocenters. The molecular weight excluding hydrogens is 392 g/mol. The summed E-state index contributed by atoms with van der Waals surface area (Å²) in [5.74, 6) is 1.65. The number of amides is 2. The zero-order valence-electron chi connectivity index (χ0n) is 17.3. The van der Waals surface area contributed by atoms with Crippen LogP contribution in [0.4, 0.5) is 5.82 Å². The Kier molecular flexibility index (Phi) is 6.21. The van der Waals surface area contributed by atoms with Crippen molar-refractivity contribution in [2.45, 2.75) is 19.8 Å². The van der Waals surface area contributed by atoms with Gasteiger partial charge in [-0.1, -0.05) is 0 Å². The van der Waals surface area contributed by atoms with E-state index >= 15 is 0 Å². The summed E-state index contributed by atoms with van der Waals surface area (Å²) in [6, 6.07) is 14.4. The number of anilines is 1. The summed E-state index contributed by atoms with van der Waals surface area (Å²) in [4.78, 5) is 35.4. The summed E-state index contributed by atoms with van der Waals surface area (Å²) in [7, 11) is 0. The first-order chi connectivity index (χ1) is 15.1. The van der Waals surface area contributed by atoms with Crippen molar-refractivity contribution in [3.63, 3.8) is 0 Å². The monoisotopic (exact) mass is 416 g/mol. The van der Waals surface area contributed by atoms with E-state index in [0.29, 0.717) is 48.8 Å². The number of ether oxygens (including phenoxy) is 1. The van der Waals surface area contributed by atoms with Crippen molar-refractivity contribution in [3.05, 3.63) is 78.2 Å². The summed E-state index contributed by atoms with van der Waals surface area (Å²) in [5, 5.41) is 2.88. The third-order valence-corrected chi connectivity index (χ3v) is 5.29. The molecule has 31 heavy (non-hydrogen) atoms. The van der Waals surface area contributed by atoms with Crippen LogP contribution in [0.3, 0.4) is 0 Å². The highest BCUT2D eigenvalue weighted by molar-refractivity contribution is 5.95. The van der Waals surface area contributed by atoms with Gasteiger partial charge in [-0.3, -0.25) is 14.6 Å². The van der Waals surface area contributed by atoms with Gasteiger partial charge in [-0.05, 0) is 73.9 Å². The summed E-state index contributed by atoms with van der Waals surface area (Å²) < 4.78 is 5.72. The molecular formula is C24H24N4O3. The first kappa shape index (κ1) is 20.5. The predicted octanol–water partition coefficient (Wildman–Crippen LogP) is 4.07. The van der Waals surface area contributed by atoms with E-state index in [1.165, 1.54) is 0 Å². The molecule has 0 radical (unpaired) electrons. The lowest BCUT2D eigenvalue weighted by atomic mass is 9.95. The number of carbonyl (C=O) groups is 2. The molecule has 1 aliphatic rings. The predicted molar refractivity (Wildman–Crippen MR) is 117 cm³/mol. The van der Waals surface area contributed by atoms with E-state index in [-0.39, 0.29) is 17.7 Å². The van der Waals surface area contributed by atoms with E-state index < -0.39 is 0 Å². The fourth-order valence-corrected chi connectivity index (χ4v) is 3.57. The number of nitrogens with zero attached hydrogens (tertiary/aromatic N) is 3. The Morgan fingerprint density at radius 1 is 1.03 bits per heavy atom. The zero-order chi connectivity index (χ0) is 21.6. The number of benzene rings is 1. The van der Waals surface area contributed by atoms with Crippen LogP contribution in [0, 0.1) is 12.8 Å². The lowest BCUT2D eigenvalue weighted by molar-refractivity contribution is -0.121. The van der Waals surface area contributed by atoms with Gasteiger partial charge in [-0.25, -0.2) is 4.98 Å². The lowest BCUT2D eigenvalue weighted by Crippen LogP contribution is -2.41. The van der Waals surface area contributed by atoms with Gasteiger partial charge >= 0.3 is 0 Å². The van der Waals surface area contributed by atoms with Gasteiger partial charge in [0.1, 0.15) is 17.3 Å². The molecule has 0 saturated carbocycles. The Balaban J connectivity index is 1.30. The van der Waals surface area contributed by atoms with Gasteiger partial charge in [0.2, 0.25) is 5.91 Å². The van der Waals surface area contributed by atoms with Crippen molar-refractivity contribution >= 4 is 17.6 Å². The molecule has 158 valence electrons. The number of pyridine rings is 2. The van der Waals surface area contributed by atoms with Gasteiger partial charge in [0, 0.05) is 37.0 Å². The molecule has 0 bridgehead atoms. The minimum Gasteiger partial charge on any atom is -0.456 e. The largest absolute Gasteiger partial charge is 0.456 e. The van der Waals surface area contributed by atoms with Crippen LogP contribution in [0.2, 0.25) is 0 Å². The number of nitrogens with one attached hydrogen (secondary N) is 1. The van der Waals surface area contributed by atoms with Crippen LogP contribution in [0.25, 0.3) is 0 Å². The van der Waals surface area contributed by atoms with Crippen molar-refractivity contribution in [2.75, 3.05) is 18.4 Å². The fourth-order valence-electron chi connectivity index (χ4n) is 3.57. The van der Waals surface area contributed by atoms with E-state index in [2.05, 4.69) is 15.3 Å². The third-order valence-electron chi connectivity index (χ3n) is 5.29. The Bertz CT molecular complexity index is 1050. The number of hydrogen-bond acceptors (Lipinski definition) is 5. The summed E-state index contributed by atoms with van der Waals surface area (Å²) in [5.41, 5.74) is 1.65. The molecule has 1 fully saturated rings. The van der Waals surface area contributed by atoms with Crippen LogP contribution in [-0.4, -0.2) is 39.8 Å². The number of hydrogen-bond donors (Lipinski definition) is 1. The third kappa shape index (κ3) is 5.25. The number of aromatic nitrogens is 2. The van der Waals surface area contributed by atoms with Gasteiger partial charge in [0.15, 0.2) is 0 Å². The number of piperidine rings is 1. The standard InChI is InChI=1S/C24H24N4O3/c1-17-8-12-26-22(15-17)27-23(29)18-9-13-28(14-10-18)24(30)19-4-6-20(7-5-19)31-21-3-2-11-25-16-21/h2-8,11-12,15-16,18H,9-10,13-14H2,1H3,(H,26,27,29). The van der Waals surface area contributed by atoms with Gasteiger partial charge in [0.25, 0.3) is 5.91 Å². The van der Waals surface area contributed by atoms with E-state index in [1.54, 1.807) is 53.8 Å². The molecule has 3 heterocycles. The minimum absolute atomic E-state index is 0.0351. The maximum Gasteiger partial charge on any atom is 0.253 e. The molecule has 2 amide bonds. The van der Waals surface area contributed by atoms with Crippen molar-refractivity contribution in [3.8, 4) is 11.5 Å². The molecule has 7 nitrogen and oxygen atoms in total. The zero-order valence-corrected chi connectivity index (χ0v) is 17.3. The second-order valence-electron chi connectivity index (χ2n) is 7.59. The highest BCUT2D eigenvalue weighted by Crippen LogP contribution is 2.23. The highest BCUT2D eigenvalue weighted by atomic mass is 16.5. The summed E-state index contributed by atoms with van der Waals surface area (Å²) in [6.45, 7) is 3.05. The second kappa shape index (κ2) is 9.38. The van der Waals surface area contributed by atoms with E-state index in [4.69, 9.17) is 4.74 Å². The quantitative estimate of drug-likeness (QED) is 0.678. The Labute approximate surface area is 181 Å². The Hall–Kier alpha value is -3.74. The first-order valence-electron chi connectivity index (χ1n) is 10.3. The molecule has 0 spiro atoms. The normalized spacial score (nSPS) is 14.2. The van der Waals surface area contributed by atoms with E-state index in [1.807, 2.05) is 25.1 Å². The number of aryl methyl sites for hydroxylation is 1. The molecule has 1 aromatic carbocycles. The number of carbonyl (C=O) groups excluding carboxylic acids is 2. The maximum absolute atomic E-state index is 12.8. The van der Waals surface area contributed by atoms with Crippen molar-refractivity contribution in [1.82, 2.24) is 14.9 Å². The van der Waals surface area contributed by atoms with Crippen LogP contribution in [0.15, 0.2) is 67.1 Å². The minimum atomic E-state index is -0.123. The average Bonchev–Trinajstić information content (AvgIpc) is 2.80. The van der Waals surface area contributed by atoms with Crippen molar-refractivity contribution < 1.29 is 14.3 Å². The van der Waals surface area contributed by atoms with Crippen LogP contribution in [-0.2, 0) is 4.79 Å². The second-order valence-corrected chi connectivity index (χ2v) is 7.59. The topological polar surface area (TPSA) is 84.4 Å². The van der Waals surface area contributed by atoms with Gasteiger partial charge < -0.3 is 15.0 Å². The van der Waals surface area contributed by atoms with Gasteiger partial charge in [0.05, 0.1) is 6.20 Å². The number of likely N-dealkylation sites (tertiary alicyclic amines) is 1. The Morgan fingerprint density at radius 2 is 1.81 bits per heavy atom. The molecule has 3 aromatic rings.